The average molecular weight is 269 g/mol. The maximum Gasteiger partial charge on any atom is 0.340 e. The molecule has 0 saturated carbocycles. The Hall–Kier alpha value is -2.01. The van der Waals surface area contributed by atoms with E-state index in [1.54, 1.807) is 6.92 Å². The van der Waals surface area contributed by atoms with E-state index >= 15 is 0 Å². The molecule has 0 aliphatic rings. The summed E-state index contributed by atoms with van der Waals surface area (Å²) in [5.41, 5.74) is -0.775. The van der Waals surface area contributed by atoms with Gasteiger partial charge in [-0.2, -0.15) is 0 Å². The Labute approximate surface area is 106 Å². The van der Waals surface area contributed by atoms with Crippen LogP contribution in [0.1, 0.15) is 22.8 Å². The Morgan fingerprint density at radius 2 is 2.11 bits per heavy atom. The van der Waals surface area contributed by atoms with Gasteiger partial charge in [-0.15, -0.1) is 0 Å². The van der Waals surface area contributed by atoms with Crippen LogP contribution < -0.4 is 5.63 Å². The van der Waals surface area contributed by atoms with Crippen molar-refractivity contribution < 1.29 is 19.4 Å². The lowest BCUT2D eigenvalue weighted by atomic mass is 10.0. The standard InChI is InChI=1S/C12H9ClO5/c1-2-5-10(11(15)16)6-3-7(13)8(14)4-9(6)18-12(5)17/h3-4,14H,2H2,1H3,(H,15,16). The predicted molar refractivity (Wildman–Crippen MR) is 65.5 cm³/mol. The lowest BCUT2D eigenvalue weighted by molar-refractivity contribution is 0.0697. The highest BCUT2D eigenvalue weighted by atomic mass is 35.5. The zero-order valence-electron chi connectivity index (χ0n) is 9.36. The van der Waals surface area contributed by atoms with E-state index in [0.717, 1.165) is 6.07 Å². The van der Waals surface area contributed by atoms with Crippen molar-refractivity contribution in [3.05, 3.63) is 38.7 Å². The fourth-order valence-electron chi connectivity index (χ4n) is 1.81. The number of hydrogen-bond donors (Lipinski definition) is 2. The summed E-state index contributed by atoms with van der Waals surface area (Å²) in [5.74, 6) is -1.50. The second-order valence-corrected chi connectivity index (χ2v) is 4.11. The van der Waals surface area contributed by atoms with Crippen molar-refractivity contribution in [1.29, 1.82) is 0 Å². The third-order valence-corrected chi connectivity index (χ3v) is 2.94. The molecule has 0 atom stereocenters. The molecule has 0 amide bonds. The maximum atomic E-state index is 11.6. The number of phenolic OH excluding ortho intramolecular Hbond substituents is 1. The van der Waals surface area contributed by atoms with Crippen molar-refractivity contribution in [2.24, 2.45) is 0 Å². The molecule has 1 aromatic carbocycles. The van der Waals surface area contributed by atoms with Crippen LogP contribution in [0, 0.1) is 0 Å². The first-order valence-electron chi connectivity index (χ1n) is 5.17. The number of aromatic carboxylic acids is 1. The number of carboxylic acids is 1. The quantitative estimate of drug-likeness (QED) is 0.817. The van der Waals surface area contributed by atoms with Gasteiger partial charge in [0.15, 0.2) is 0 Å². The third-order valence-electron chi connectivity index (χ3n) is 2.64. The Balaban J connectivity index is 3.02. The van der Waals surface area contributed by atoms with Crippen molar-refractivity contribution in [2.75, 3.05) is 0 Å². The van der Waals surface area contributed by atoms with Crippen LogP contribution in [0.15, 0.2) is 21.3 Å². The number of phenols is 1. The summed E-state index contributed by atoms with van der Waals surface area (Å²) in [4.78, 5) is 22.9. The first-order valence-corrected chi connectivity index (χ1v) is 5.55. The maximum absolute atomic E-state index is 11.6. The molecular weight excluding hydrogens is 260 g/mol. The fourth-order valence-corrected chi connectivity index (χ4v) is 1.98. The molecule has 0 unspecified atom stereocenters. The summed E-state index contributed by atoms with van der Waals surface area (Å²) in [5, 5.41) is 18.8. The smallest absolute Gasteiger partial charge is 0.340 e. The molecule has 0 radical (unpaired) electrons. The van der Waals surface area contributed by atoms with Crippen molar-refractivity contribution >= 4 is 28.5 Å². The summed E-state index contributed by atoms with van der Waals surface area (Å²) in [6.45, 7) is 1.66. The summed E-state index contributed by atoms with van der Waals surface area (Å²) in [7, 11) is 0. The number of aromatic hydroxyl groups is 1. The highest BCUT2D eigenvalue weighted by Gasteiger charge is 2.20. The van der Waals surface area contributed by atoms with Crippen LogP contribution in [0.3, 0.4) is 0 Å². The van der Waals surface area contributed by atoms with Gasteiger partial charge >= 0.3 is 11.6 Å². The van der Waals surface area contributed by atoms with E-state index in [9.17, 15) is 19.8 Å². The number of rotatable bonds is 2. The van der Waals surface area contributed by atoms with E-state index in [-0.39, 0.29) is 39.3 Å². The highest BCUT2D eigenvalue weighted by molar-refractivity contribution is 6.33. The number of hydrogen-bond acceptors (Lipinski definition) is 4. The monoisotopic (exact) mass is 268 g/mol. The van der Waals surface area contributed by atoms with Gasteiger partial charge in [-0.1, -0.05) is 18.5 Å². The summed E-state index contributed by atoms with van der Waals surface area (Å²) in [6, 6.07) is 2.41. The Bertz CT molecular complexity index is 702. The molecule has 2 N–H and O–H groups in total. The number of benzene rings is 1. The normalized spacial score (nSPS) is 10.8. The molecule has 2 aromatic rings. The van der Waals surface area contributed by atoms with E-state index in [1.807, 2.05) is 0 Å². The summed E-state index contributed by atoms with van der Waals surface area (Å²) < 4.78 is 4.97. The molecule has 0 aliphatic heterocycles. The van der Waals surface area contributed by atoms with E-state index in [4.69, 9.17) is 16.0 Å². The minimum Gasteiger partial charge on any atom is -0.506 e. The molecule has 5 nitrogen and oxygen atoms in total. The van der Waals surface area contributed by atoms with Crippen molar-refractivity contribution in [3.63, 3.8) is 0 Å². The fraction of sp³-hybridized carbons (Fsp3) is 0.167. The van der Waals surface area contributed by atoms with Gasteiger partial charge in [0.25, 0.3) is 0 Å². The zero-order valence-corrected chi connectivity index (χ0v) is 10.1. The van der Waals surface area contributed by atoms with E-state index in [0.29, 0.717) is 0 Å². The second-order valence-electron chi connectivity index (χ2n) is 3.70. The van der Waals surface area contributed by atoms with Crippen molar-refractivity contribution in [3.8, 4) is 5.75 Å². The lowest BCUT2D eigenvalue weighted by Gasteiger charge is -2.07. The molecule has 1 heterocycles. The summed E-state index contributed by atoms with van der Waals surface area (Å²) >= 11 is 5.74. The van der Waals surface area contributed by atoms with E-state index in [2.05, 4.69) is 0 Å². The molecule has 0 saturated heterocycles. The van der Waals surface area contributed by atoms with Crippen LogP contribution in [0.5, 0.6) is 5.75 Å². The Morgan fingerprint density at radius 3 is 2.67 bits per heavy atom. The first kappa shape index (κ1) is 12.4. The van der Waals surface area contributed by atoms with Crippen LogP contribution >= 0.6 is 11.6 Å². The van der Waals surface area contributed by atoms with Gasteiger partial charge in [0.2, 0.25) is 0 Å². The molecule has 0 aliphatic carbocycles. The molecule has 0 spiro atoms. The first-order chi connectivity index (χ1) is 8.45. The lowest BCUT2D eigenvalue weighted by Crippen LogP contribution is -2.14. The SMILES string of the molecule is CCc1c(C(=O)O)c2cc(Cl)c(O)cc2oc1=O. The largest absolute Gasteiger partial charge is 0.506 e. The molecule has 0 fully saturated rings. The number of halogens is 1. The van der Waals surface area contributed by atoms with Gasteiger partial charge in [-0.3, -0.25) is 0 Å². The molecule has 0 bridgehead atoms. The Morgan fingerprint density at radius 1 is 1.44 bits per heavy atom. The topological polar surface area (TPSA) is 87.7 Å². The molecule has 2 rings (SSSR count). The van der Waals surface area contributed by atoms with Crippen molar-refractivity contribution in [1.82, 2.24) is 0 Å². The van der Waals surface area contributed by atoms with E-state index in [1.165, 1.54) is 6.07 Å². The summed E-state index contributed by atoms with van der Waals surface area (Å²) in [6.07, 6.45) is 0.235. The van der Waals surface area contributed by atoms with Crippen LogP contribution in [-0.4, -0.2) is 16.2 Å². The average Bonchev–Trinajstić information content (AvgIpc) is 2.29. The van der Waals surface area contributed by atoms with E-state index < -0.39 is 11.6 Å². The van der Waals surface area contributed by atoms with Gasteiger partial charge in [0.05, 0.1) is 16.1 Å². The number of carbonyl (C=O) groups is 1. The zero-order chi connectivity index (χ0) is 13.4. The van der Waals surface area contributed by atoms with Crippen LogP contribution in [0.4, 0.5) is 0 Å². The van der Waals surface area contributed by atoms with Crippen LogP contribution in [-0.2, 0) is 6.42 Å². The predicted octanol–water partition coefficient (Wildman–Crippen LogP) is 2.41. The minimum atomic E-state index is -1.23. The molecule has 6 heteroatoms. The third kappa shape index (κ3) is 1.82. The molecule has 1 aromatic heterocycles. The van der Waals surface area contributed by atoms with Gasteiger partial charge in [-0.05, 0) is 12.5 Å². The van der Waals surface area contributed by atoms with Gasteiger partial charge < -0.3 is 14.6 Å². The van der Waals surface area contributed by atoms with Gasteiger partial charge in [0, 0.05) is 11.5 Å². The van der Waals surface area contributed by atoms with Crippen LogP contribution in [0.25, 0.3) is 11.0 Å². The molecule has 94 valence electrons. The van der Waals surface area contributed by atoms with Crippen LogP contribution in [0.2, 0.25) is 5.02 Å². The van der Waals surface area contributed by atoms with Gasteiger partial charge in [-0.25, -0.2) is 9.59 Å². The molecular formula is C12H9ClO5. The van der Waals surface area contributed by atoms with Crippen molar-refractivity contribution in [2.45, 2.75) is 13.3 Å². The number of carboxylic acid groups (broad SMARTS) is 1. The Kier molecular flexibility index (Phi) is 3.00. The molecule has 18 heavy (non-hydrogen) atoms. The van der Waals surface area contributed by atoms with Gasteiger partial charge in [0.1, 0.15) is 11.3 Å². The highest BCUT2D eigenvalue weighted by Crippen LogP contribution is 2.31. The second kappa shape index (κ2) is 4.34. The minimum absolute atomic E-state index is 0.000835. The number of fused-ring (bicyclic) bond motifs is 1.